The molecule has 17 heavy (non-hydrogen) atoms. The van der Waals surface area contributed by atoms with Crippen LogP contribution < -0.4 is 0 Å². The molecule has 3 rings (SSSR count). The van der Waals surface area contributed by atoms with Crippen molar-refractivity contribution in [3.05, 3.63) is 51.5 Å². The van der Waals surface area contributed by atoms with E-state index < -0.39 is 0 Å². The zero-order chi connectivity index (χ0) is 11.8. The summed E-state index contributed by atoms with van der Waals surface area (Å²) in [6.07, 6.45) is 4.49. The quantitative estimate of drug-likeness (QED) is 0.764. The van der Waals surface area contributed by atoms with Gasteiger partial charge in [-0.25, -0.2) is 4.98 Å². The number of benzene rings is 1. The number of hydrogen-bond acceptors (Lipinski definition) is 2. The third kappa shape index (κ3) is 1.91. The SMILES string of the molecule is CC(C)c1cnc(C2CCc3ccccc32)s1. The Labute approximate surface area is 107 Å². The Balaban J connectivity index is 1.95. The van der Waals surface area contributed by atoms with Crippen LogP contribution in [0.1, 0.15) is 53.1 Å². The van der Waals surface area contributed by atoms with Crippen LogP contribution in [0.4, 0.5) is 0 Å². The van der Waals surface area contributed by atoms with Crippen molar-refractivity contribution in [2.24, 2.45) is 0 Å². The Hall–Kier alpha value is -1.15. The molecule has 2 aromatic rings. The van der Waals surface area contributed by atoms with Crippen molar-refractivity contribution in [1.82, 2.24) is 4.98 Å². The predicted molar refractivity (Wildman–Crippen MR) is 72.8 cm³/mol. The van der Waals surface area contributed by atoms with Crippen LogP contribution in [0.2, 0.25) is 0 Å². The van der Waals surface area contributed by atoms with Gasteiger partial charge in [0, 0.05) is 17.0 Å². The fourth-order valence-corrected chi connectivity index (χ4v) is 3.62. The van der Waals surface area contributed by atoms with Gasteiger partial charge in [0.05, 0.1) is 0 Å². The van der Waals surface area contributed by atoms with Gasteiger partial charge >= 0.3 is 0 Å². The van der Waals surface area contributed by atoms with E-state index in [2.05, 4.69) is 49.3 Å². The first-order chi connectivity index (χ1) is 8.25. The molecule has 1 atom stereocenters. The van der Waals surface area contributed by atoms with Crippen molar-refractivity contribution >= 4 is 11.3 Å². The van der Waals surface area contributed by atoms with Crippen LogP contribution in [0.5, 0.6) is 0 Å². The average Bonchev–Trinajstić information content (AvgIpc) is 2.95. The van der Waals surface area contributed by atoms with Crippen molar-refractivity contribution in [2.75, 3.05) is 0 Å². The number of fused-ring (bicyclic) bond motifs is 1. The van der Waals surface area contributed by atoms with Gasteiger partial charge < -0.3 is 0 Å². The van der Waals surface area contributed by atoms with Crippen molar-refractivity contribution in [1.29, 1.82) is 0 Å². The molecule has 1 aromatic heterocycles. The van der Waals surface area contributed by atoms with Crippen molar-refractivity contribution in [3.63, 3.8) is 0 Å². The molecule has 1 aliphatic rings. The van der Waals surface area contributed by atoms with Gasteiger partial charge in [0.15, 0.2) is 0 Å². The normalized spacial score (nSPS) is 18.6. The minimum absolute atomic E-state index is 0.545. The van der Waals surface area contributed by atoms with E-state index in [1.807, 2.05) is 11.3 Å². The molecule has 88 valence electrons. The molecule has 0 amide bonds. The summed E-state index contributed by atoms with van der Waals surface area (Å²) in [7, 11) is 0. The summed E-state index contributed by atoms with van der Waals surface area (Å²) in [5, 5.41) is 1.30. The molecule has 0 saturated heterocycles. The fourth-order valence-electron chi connectivity index (χ4n) is 2.54. The maximum atomic E-state index is 4.64. The first-order valence-electron chi connectivity index (χ1n) is 6.29. The summed E-state index contributed by atoms with van der Waals surface area (Å²) in [6.45, 7) is 4.47. The van der Waals surface area contributed by atoms with Crippen LogP contribution >= 0.6 is 11.3 Å². The summed E-state index contributed by atoms with van der Waals surface area (Å²) in [5.41, 5.74) is 3.01. The Bertz CT molecular complexity index is 527. The molecular formula is C15H17NS. The Kier molecular flexibility index (Phi) is 2.75. The van der Waals surface area contributed by atoms with E-state index in [0.29, 0.717) is 11.8 Å². The van der Waals surface area contributed by atoms with Crippen molar-refractivity contribution in [2.45, 2.75) is 38.5 Å². The number of rotatable bonds is 2. The molecular weight excluding hydrogens is 226 g/mol. The van der Waals surface area contributed by atoms with Crippen molar-refractivity contribution in [3.8, 4) is 0 Å². The lowest BCUT2D eigenvalue weighted by Crippen LogP contribution is -1.94. The maximum absolute atomic E-state index is 4.64. The zero-order valence-electron chi connectivity index (χ0n) is 10.3. The van der Waals surface area contributed by atoms with Crippen LogP contribution in [0.3, 0.4) is 0 Å². The van der Waals surface area contributed by atoms with Gasteiger partial charge in [-0.3, -0.25) is 0 Å². The van der Waals surface area contributed by atoms with Crippen LogP contribution in [0.15, 0.2) is 30.5 Å². The zero-order valence-corrected chi connectivity index (χ0v) is 11.1. The molecule has 2 heteroatoms. The second-order valence-electron chi connectivity index (χ2n) is 5.05. The summed E-state index contributed by atoms with van der Waals surface area (Å²) in [6, 6.07) is 8.81. The number of nitrogens with zero attached hydrogens (tertiary/aromatic N) is 1. The molecule has 1 aliphatic carbocycles. The Morgan fingerprint density at radius 1 is 1.29 bits per heavy atom. The van der Waals surface area contributed by atoms with Gasteiger partial charge in [0.1, 0.15) is 5.01 Å². The summed E-state index contributed by atoms with van der Waals surface area (Å²) in [5.74, 6) is 1.14. The molecule has 1 aromatic carbocycles. The second-order valence-corrected chi connectivity index (χ2v) is 6.14. The summed E-state index contributed by atoms with van der Waals surface area (Å²) < 4.78 is 0. The molecule has 0 saturated carbocycles. The second kappa shape index (κ2) is 4.26. The number of aromatic nitrogens is 1. The standard InChI is InChI=1S/C15H17NS/c1-10(2)14-9-16-15(17-14)13-8-7-11-5-3-4-6-12(11)13/h3-6,9-10,13H,7-8H2,1-2H3. The van der Waals surface area contributed by atoms with E-state index in [9.17, 15) is 0 Å². The minimum Gasteiger partial charge on any atom is -0.249 e. The van der Waals surface area contributed by atoms with Gasteiger partial charge in [-0.2, -0.15) is 0 Å². The molecule has 1 nitrogen and oxygen atoms in total. The van der Waals surface area contributed by atoms with Crippen LogP contribution in [-0.4, -0.2) is 4.98 Å². The average molecular weight is 243 g/mol. The van der Waals surface area contributed by atoms with E-state index in [-0.39, 0.29) is 0 Å². The third-order valence-electron chi connectivity index (χ3n) is 3.54. The molecule has 1 unspecified atom stereocenters. The lowest BCUT2D eigenvalue weighted by atomic mass is 10.0. The monoisotopic (exact) mass is 243 g/mol. The maximum Gasteiger partial charge on any atom is 0.100 e. The molecule has 0 N–H and O–H groups in total. The molecule has 0 radical (unpaired) electrons. The highest BCUT2D eigenvalue weighted by Gasteiger charge is 2.26. The lowest BCUT2D eigenvalue weighted by molar-refractivity contribution is 0.780. The highest BCUT2D eigenvalue weighted by molar-refractivity contribution is 7.11. The van der Waals surface area contributed by atoms with E-state index in [4.69, 9.17) is 0 Å². The number of hydrogen-bond donors (Lipinski definition) is 0. The third-order valence-corrected chi connectivity index (χ3v) is 4.95. The smallest absolute Gasteiger partial charge is 0.100 e. The molecule has 0 bridgehead atoms. The van der Waals surface area contributed by atoms with Gasteiger partial charge in [0.25, 0.3) is 0 Å². The topological polar surface area (TPSA) is 12.9 Å². The highest BCUT2D eigenvalue weighted by Crippen LogP contribution is 2.40. The summed E-state index contributed by atoms with van der Waals surface area (Å²) in [4.78, 5) is 6.04. The number of thiazole rings is 1. The lowest BCUT2D eigenvalue weighted by Gasteiger charge is -2.07. The van der Waals surface area contributed by atoms with Crippen LogP contribution in [-0.2, 0) is 6.42 Å². The van der Waals surface area contributed by atoms with E-state index >= 15 is 0 Å². The van der Waals surface area contributed by atoms with E-state index in [0.717, 1.165) is 0 Å². The van der Waals surface area contributed by atoms with Gasteiger partial charge in [0.2, 0.25) is 0 Å². The Morgan fingerprint density at radius 2 is 2.12 bits per heavy atom. The van der Waals surface area contributed by atoms with Gasteiger partial charge in [-0.05, 0) is 29.9 Å². The van der Waals surface area contributed by atoms with Gasteiger partial charge in [-0.1, -0.05) is 38.1 Å². The minimum atomic E-state index is 0.545. The van der Waals surface area contributed by atoms with E-state index in [1.54, 1.807) is 0 Å². The molecule has 0 fully saturated rings. The number of aryl methyl sites for hydroxylation is 1. The first kappa shape index (κ1) is 11.0. The van der Waals surface area contributed by atoms with E-state index in [1.165, 1.54) is 33.9 Å². The first-order valence-corrected chi connectivity index (χ1v) is 7.11. The fraction of sp³-hybridized carbons (Fsp3) is 0.400. The molecule has 1 heterocycles. The predicted octanol–water partition coefficient (Wildman–Crippen LogP) is 4.34. The molecule has 0 aliphatic heterocycles. The Morgan fingerprint density at radius 3 is 2.88 bits per heavy atom. The summed E-state index contributed by atoms with van der Waals surface area (Å²) >= 11 is 1.89. The largest absolute Gasteiger partial charge is 0.249 e. The van der Waals surface area contributed by atoms with Crippen LogP contribution in [0.25, 0.3) is 0 Å². The van der Waals surface area contributed by atoms with Crippen molar-refractivity contribution < 1.29 is 0 Å². The molecule has 0 spiro atoms. The van der Waals surface area contributed by atoms with Gasteiger partial charge in [-0.15, -0.1) is 11.3 Å². The highest BCUT2D eigenvalue weighted by atomic mass is 32.1. The van der Waals surface area contributed by atoms with Crippen LogP contribution in [0, 0.1) is 0 Å².